The number of allylic oxidation sites excluding steroid dienone is 2. The van der Waals surface area contributed by atoms with E-state index in [1.165, 1.54) is 42.0 Å². The molecule has 0 aliphatic rings. The molecule has 0 saturated carbocycles. The molecule has 0 saturated heterocycles. The summed E-state index contributed by atoms with van der Waals surface area (Å²) in [4.78, 5) is 28.3. The predicted molar refractivity (Wildman–Crippen MR) is 90.7 cm³/mol. The number of carbonyl (C=O) groups is 1. The van der Waals surface area contributed by atoms with E-state index in [0.29, 0.717) is 11.5 Å². The predicted octanol–water partition coefficient (Wildman–Crippen LogP) is 3.01. The van der Waals surface area contributed by atoms with Crippen LogP contribution in [0.25, 0.3) is 12.2 Å². The zero-order valence-corrected chi connectivity index (χ0v) is 13.8. The number of hydrogen-bond acceptors (Lipinski definition) is 7. The molecule has 2 aromatic heterocycles. The van der Waals surface area contributed by atoms with Crippen LogP contribution in [0.3, 0.4) is 0 Å². The van der Waals surface area contributed by atoms with Crippen LogP contribution in [0, 0.1) is 0 Å². The Morgan fingerprint density at radius 2 is 1.82 bits per heavy atom. The summed E-state index contributed by atoms with van der Waals surface area (Å²) in [5.41, 5.74) is 0.696. The molecule has 2 rings (SSSR count). The van der Waals surface area contributed by atoms with E-state index in [1.807, 2.05) is 24.6 Å². The smallest absolute Gasteiger partial charge is 0.178 e. The molecule has 0 radical (unpaired) electrons. The van der Waals surface area contributed by atoms with E-state index in [9.17, 15) is 4.79 Å². The summed E-state index contributed by atoms with van der Waals surface area (Å²) in [7, 11) is 0. The number of thioether (sulfide) groups is 2. The number of ketones is 1. The molecule has 7 heteroatoms. The Hall–Kier alpha value is -1.99. The molecule has 112 valence electrons. The van der Waals surface area contributed by atoms with E-state index >= 15 is 0 Å². The van der Waals surface area contributed by atoms with Crippen molar-refractivity contribution in [2.75, 3.05) is 12.5 Å². The van der Waals surface area contributed by atoms with Gasteiger partial charge in [0.05, 0.1) is 15.7 Å². The van der Waals surface area contributed by atoms with Crippen LogP contribution in [0.2, 0.25) is 0 Å². The molecule has 0 atom stereocenters. The van der Waals surface area contributed by atoms with Gasteiger partial charge in [-0.05, 0) is 48.9 Å². The van der Waals surface area contributed by atoms with Gasteiger partial charge in [0.1, 0.15) is 6.33 Å². The lowest BCUT2D eigenvalue weighted by atomic mass is 10.3. The van der Waals surface area contributed by atoms with E-state index in [-0.39, 0.29) is 5.78 Å². The van der Waals surface area contributed by atoms with E-state index in [0.717, 1.165) is 10.1 Å². The van der Waals surface area contributed by atoms with Gasteiger partial charge in [-0.1, -0.05) is 0 Å². The highest BCUT2D eigenvalue weighted by Gasteiger charge is 1.97. The first kappa shape index (κ1) is 16.4. The number of aromatic nitrogens is 4. The summed E-state index contributed by atoms with van der Waals surface area (Å²) in [6, 6.07) is 3.64. The summed E-state index contributed by atoms with van der Waals surface area (Å²) in [6.07, 6.45) is 13.2. The quantitative estimate of drug-likeness (QED) is 0.458. The van der Waals surface area contributed by atoms with Crippen LogP contribution in [0.15, 0.2) is 46.9 Å². The maximum absolute atomic E-state index is 11.8. The number of rotatable bonds is 6. The SMILES string of the molecule is CSc1cc(/C=C/C(=O)/C=C/c2nccc(SC)n2)ncn1. The summed E-state index contributed by atoms with van der Waals surface area (Å²) in [6.45, 7) is 0. The minimum absolute atomic E-state index is 0.150. The molecule has 0 N–H and O–H groups in total. The lowest BCUT2D eigenvalue weighted by Crippen LogP contribution is -1.91. The molecule has 0 unspecified atom stereocenters. The maximum Gasteiger partial charge on any atom is 0.178 e. The largest absolute Gasteiger partial charge is 0.290 e. The highest BCUT2D eigenvalue weighted by molar-refractivity contribution is 7.98. The number of hydrogen-bond donors (Lipinski definition) is 0. The van der Waals surface area contributed by atoms with Crippen LogP contribution in [-0.2, 0) is 4.79 Å². The average Bonchev–Trinajstić information content (AvgIpc) is 2.58. The Morgan fingerprint density at radius 1 is 1.05 bits per heavy atom. The normalized spacial score (nSPS) is 11.4. The summed E-state index contributed by atoms with van der Waals surface area (Å²) < 4.78 is 0. The third kappa shape index (κ3) is 5.09. The lowest BCUT2D eigenvalue weighted by Gasteiger charge is -1.96. The van der Waals surface area contributed by atoms with Crippen molar-refractivity contribution in [1.82, 2.24) is 19.9 Å². The van der Waals surface area contributed by atoms with Gasteiger partial charge in [0.15, 0.2) is 11.6 Å². The molecule has 0 aliphatic carbocycles. The van der Waals surface area contributed by atoms with E-state index in [1.54, 1.807) is 18.3 Å². The van der Waals surface area contributed by atoms with Crippen molar-refractivity contribution in [2.24, 2.45) is 0 Å². The monoisotopic (exact) mass is 330 g/mol. The Balaban J connectivity index is 2.02. The van der Waals surface area contributed by atoms with Crippen LogP contribution in [-0.4, -0.2) is 38.2 Å². The third-order valence-corrected chi connectivity index (χ3v) is 3.83. The highest BCUT2D eigenvalue weighted by atomic mass is 32.2. The van der Waals surface area contributed by atoms with Crippen LogP contribution in [0.5, 0.6) is 0 Å². The molecule has 2 heterocycles. The Labute approximate surface area is 137 Å². The van der Waals surface area contributed by atoms with Crippen LogP contribution in [0.1, 0.15) is 11.5 Å². The molecular formula is C15H14N4OS2. The minimum atomic E-state index is -0.150. The van der Waals surface area contributed by atoms with Crippen molar-refractivity contribution in [2.45, 2.75) is 10.1 Å². The highest BCUT2D eigenvalue weighted by Crippen LogP contribution is 2.12. The Morgan fingerprint density at radius 3 is 2.59 bits per heavy atom. The summed E-state index contributed by atoms with van der Waals surface area (Å²) in [5.74, 6) is 0.364. The van der Waals surface area contributed by atoms with Crippen LogP contribution < -0.4 is 0 Å². The Kier molecular flexibility index (Phi) is 6.29. The Bertz CT molecular complexity index is 657. The van der Waals surface area contributed by atoms with Gasteiger partial charge in [-0.2, -0.15) is 0 Å². The van der Waals surface area contributed by atoms with Gasteiger partial charge in [0.25, 0.3) is 0 Å². The second-order valence-corrected chi connectivity index (χ2v) is 5.66. The first-order valence-electron chi connectivity index (χ1n) is 6.34. The minimum Gasteiger partial charge on any atom is -0.290 e. The molecule has 0 bridgehead atoms. The standard InChI is InChI=1S/C15H14N4OS2/c1-21-14-7-8-16-13(19-14)6-5-12(20)4-3-11-9-15(22-2)18-10-17-11/h3-10H,1-2H3/b4-3+,6-5+. The van der Waals surface area contributed by atoms with Gasteiger partial charge in [-0.3, -0.25) is 4.79 Å². The topological polar surface area (TPSA) is 68.6 Å². The van der Waals surface area contributed by atoms with Crippen molar-refractivity contribution in [1.29, 1.82) is 0 Å². The van der Waals surface area contributed by atoms with Gasteiger partial charge < -0.3 is 0 Å². The number of carbonyl (C=O) groups excluding carboxylic acids is 1. The van der Waals surface area contributed by atoms with E-state index in [2.05, 4.69) is 19.9 Å². The fraction of sp³-hybridized carbons (Fsp3) is 0.133. The van der Waals surface area contributed by atoms with Crippen molar-refractivity contribution in [3.05, 3.63) is 48.3 Å². The molecule has 0 amide bonds. The van der Waals surface area contributed by atoms with Gasteiger partial charge in [-0.15, -0.1) is 23.5 Å². The lowest BCUT2D eigenvalue weighted by molar-refractivity contribution is -0.110. The third-order valence-electron chi connectivity index (χ3n) is 2.55. The first-order chi connectivity index (χ1) is 10.7. The number of nitrogens with zero attached hydrogens (tertiary/aromatic N) is 4. The van der Waals surface area contributed by atoms with Crippen molar-refractivity contribution < 1.29 is 4.79 Å². The van der Waals surface area contributed by atoms with Gasteiger partial charge in [0, 0.05) is 6.20 Å². The second-order valence-electron chi connectivity index (χ2n) is 4.01. The fourth-order valence-electron chi connectivity index (χ4n) is 1.49. The second kappa shape index (κ2) is 8.45. The zero-order chi connectivity index (χ0) is 15.8. The first-order valence-corrected chi connectivity index (χ1v) is 8.79. The zero-order valence-electron chi connectivity index (χ0n) is 12.1. The molecule has 0 aromatic carbocycles. The molecule has 0 fully saturated rings. The fourth-order valence-corrected chi connectivity index (χ4v) is 2.26. The van der Waals surface area contributed by atoms with Gasteiger partial charge in [-0.25, -0.2) is 19.9 Å². The van der Waals surface area contributed by atoms with Crippen molar-refractivity contribution in [3.8, 4) is 0 Å². The maximum atomic E-state index is 11.8. The molecule has 0 spiro atoms. The van der Waals surface area contributed by atoms with Gasteiger partial charge in [0.2, 0.25) is 0 Å². The van der Waals surface area contributed by atoms with Crippen LogP contribution in [0.4, 0.5) is 0 Å². The summed E-state index contributed by atoms with van der Waals surface area (Å²) in [5, 5.41) is 1.73. The van der Waals surface area contributed by atoms with E-state index < -0.39 is 0 Å². The molecular weight excluding hydrogens is 316 g/mol. The van der Waals surface area contributed by atoms with Crippen LogP contribution >= 0.6 is 23.5 Å². The van der Waals surface area contributed by atoms with E-state index in [4.69, 9.17) is 0 Å². The summed E-state index contributed by atoms with van der Waals surface area (Å²) >= 11 is 3.05. The molecule has 0 aliphatic heterocycles. The average molecular weight is 330 g/mol. The molecule has 22 heavy (non-hydrogen) atoms. The van der Waals surface area contributed by atoms with Crippen molar-refractivity contribution >= 4 is 41.5 Å². The molecule has 5 nitrogen and oxygen atoms in total. The molecule has 2 aromatic rings. The van der Waals surface area contributed by atoms with Crippen molar-refractivity contribution in [3.63, 3.8) is 0 Å². The van der Waals surface area contributed by atoms with Gasteiger partial charge >= 0.3 is 0 Å².